The van der Waals surface area contributed by atoms with Crippen LogP contribution in [0.5, 0.6) is 0 Å². The molecule has 1 rings (SSSR count). The molecule has 0 radical (unpaired) electrons. The first-order chi connectivity index (χ1) is 7.13. The van der Waals surface area contributed by atoms with Crippen molar-refractivity contribution in [2.24, 2.45) is 5.92 Å². The monoisotopic (exact) mass is 212 g/mol. The van der Waals surface area contributed by atoms with Crippen LogP contribution in [0.3, 0.4) is 0 Å². The van der Waals surface area contributed by atoms with Crippen molar-refractivity contribution in [2.45, 2.75) is 52.5 Å². The summed E-state index contributed by atoms with van der Waals surface area (Å²) in [6, 6.07) is 0.553. The highest BCUT2D eigenvalue weighted by molar-refractivity contribution is 5.74. The molecule has 1 aliphatic rings. The quantitative estimate of drug-likeness (QED) is 0.763. The van der Waals surface area contributed by atoms with E-state index in [1.165, 1.54) is 12.8 Å². The molecule has 0 aliphatic heterocycles. The number of hydrogen-bond donors (Lipinski definition) is 1. The zero-order valence-corrected chi connectivity index (χ0v) is 10.3. The third-order valence-corrected chi connectivity index (χ3v) is 2.94. The van der Waals surface area contributed by atoms with Gasteiger partial charge in [-0.3, -0.25) is 0 Å². The van der Waals surface area contributed by atoms with Gasteiger partial charge in [-0.15, -0.1) is 0 Å². The summed E-state index contributed by atoms with van der Waals surface area (Å²) in [5.41, 5.74) is 0. The Morgan fingerprint density at radius 1 is 1.40 bits per heavy atom. The Balaban J connectivity index is 2.34. The average Bonchev–Trinajstić information content (AvgIpc) is 2.66. The molecule has 0 heterocycles. The number of nitrogens with one attached hydrogen (secondary N) is 1. The fourth-order valence-corrected chi connectivity index (χ4v) is 2.13. The fraction of sp³-hybridized carbons (Fsp3) is 0.917. The summed E-state index contributed by atoms with van der Waals surface area (Å²) in [5.74, 6) is 0.541. The van der Waals surface area contributed by atoms with Gasteiger partial charge in [-0.2, -0.15) is 0 Å². The number of hydrogen-bond acceptors (Lipinski definition) is 1. The van der Waals surface area contributed by atoms with Crippen LogP contribution in [-0.2, 0) is 0 Å². The van der Waals surface area contributed by atoms with Crippen molar-refractivity contribution in [1.82, 2.24) is 10.2 Å². The van der Waals surface area contributed by atoms with Gasteiger partial charge < -0.3 is 10.2 Å². The van der Waals surface area contributed by atoms with Crippen molar-refractivity contribution < 1.29 is 4.79 Å². The van der Waals surface area contributed by atoms with Crippen molar-refractivity contribution >= 4 is 6.03 Å². The van der Waals surface area contributed by atoms with E-state index < -0.39 is 0 Å². The van der Waals surface area contributed by atoms with Crippen molar-refractivity contribution in [3.8, 4) is 0 Å². The average molecular weight is 212 g/mol. The van der Waals surface area contributed by atoms with Crippen molar-refractivity contribution in [3.63, 3.8) is 0 Å². The van der Waals surface area contributed by atoms with Gasteiger partial charge >= 0.3 is 6.03 Å². The third-order valence-electron chi connectivity index (χ3n) is 2.94. The molecule has 0 bridgehead atoms. The predicted molar refractivity (Wildman–Crippen MR) is 62.9 cm³/mol. The molecule has 0 atom stereocenters. The molecule has 0 aromatic rings. The Kier molecular flexibility index (Phi) is 4.92. The molecule has 2 amide bonds. The summed E-state index contributed by atoms with van der Waals surface area (Å²) in [6.07, 6.45) is 4.85. The molecule has 1 saturated carbocycles. The first-order valence-electron chi connectivity index (χ1n) is 6.19. The second kappa shape index (κ2) is 5.99. The van der Waals surface area contributed by atoms with Crippen LogP contribution < -0.4 is 5.32 Å². The van der Waals surface area contributed by atoms with Crippen LogP contribution in [0.1, 0.15) is 46.5 Å². The zero-order chi connectivity index (χ0) is 11.3. The lowest BCUT2D eigenvalue weighted by molar-refractivity contribution is 0.190. The van der Waals surface area contributed by atoms with Crippen LogP contribution in [0, 0.1) is 5.92 Å². The lowest BCUT2D eigenvalue weighted by Gasteiger charge is -2.25. The van der Waals surface area contributed by atoms with Gasteiger partial charge in [0.05, 0.1) is 0 Å². The van der Waals surface area contributed by atoms with E-state index in [0.29, 0.717) is 12.0 Å². The highest BCUT2D eigenvalue weighted by Gasteiger charge is 2.20. The van der Waals surface area contributed by atoms with E-state index in [1.807, 2.05) is 11.8 Å². The van der Waals surface area contributed by atoms with E-state index in [9.17, 15) is 4.79 Å². The number of rotatable bonds is 4. The van der Waals surface area contributed by atoms with Gasteiger partial charge in [0.25, 0.3) is 0 Å². The van der Waals surface area contributed by atoms with Crippen LogP contribution in [0.15, 0.2) is 0 Å². The van der Waals surface area contributed by atoms with Gasteiger partial charge in [-0.25, -0.2) is 4.79 Å². The van der Waals surface area contributed by atoms with Crippen LogP contribution in [0.25, 0.3) is 0 Å². The second-order valence-corrected chi connectivity index (χ2v) is 4.86. The second-order valence-electron chi connectivity index (χ2n) is 4.86. The standard InChI is InChI=1S/C12H24N2O/c1-4-14(9-10(2)3)12(15)13-11-7-5-6-8-11/h10-11H,4-9H2,1-3H3,(H,13,15). The molecule has 15 heavy (non-hydrogen) atoms. The van der Waals surface area contributed by atoms with E-state index >= 15 is 0 Å². The molecule has 1 fully saturated rings. The largest absolute Gasteiger partial charge is 0.335 e. The summed E-state index contributed by atoms with van der Waals surface area (Å²) in [6.45, 7) is 7.99. The SMILES string of the molecule is CCN(CC(C)C)C(=O)NC1CCCC1. The van der Waals surface area contributed by atoms with Gasteiger partial charge in [0.1, 0.15) is 0 Å². The van der Waals surface area contributed by atoms with Crippen LogP contribution >= 0.6 is 0 Å². The van der Waals surface area contributed by atoms with E-state index in [4.69, 9.17) is 0 Å². The minimum Gasteiger partial charge on any atom is -0.335 e. The van der Waals surface area contributed by atoms with E-state index in [1.54, 1.807) is 0 Å². The number of amides is 2. The van der Waals surface area contributed by atoms with Crippen molar-refractivity contribution in [1.29, 1.82) is 0 Å². The fourth-order valence-electron chi connectivity index (χ4n) is 2.13. The van der Waals surface area contributed by atoms with Gasteiger partial charge in [-0.1, -0.05) is 26.7 Å². The third kappa shape index (κ3) is 4.10. The summed E-state index contributed by atoms with van der Waals surface area (Å²) < 4.78 is 0. The maximum Gasteiger partial charge on any atom is 0.317 e. The van der Waals surface area contributed by atoms with E-state index in [-0.39, 0.29) is 6.03 Å². The lowest BCUT2D eigenvalue weighted by atomic mass is 10.2. The highest BCUT2D eigenvalue weighted by Crippen LogP contribution is 2.17. The van der Waals surface area contributed by atoms with Crippen LogP contribution in [-0.4, -0.2) is 30.1 Å². The van der Waals surface area contributed by atoms with Gasteiger partial charge in [-0.05, 0) is 25.7 Å². The van der Waals surface area contributed by atoms with Crippen molar-refractivity contribution in [3.05, 3.63) is 0 Å². The van der Waals surface area contributed by atoms with E-state index in [0.717, 1.165) is 25.9 Å². The Bertz CT molecular complexity index is 198. The Labute approximate surface area is 93.2 Å². The van der Waals surface area contributed by atoms with E-state index in [2.05, 4.69) is 19.2 Å². The lowest BCUT2D eigenvalue weighted by Crippen LogP contribution is -2.45. The molecule has 1 aliphatic carbocycles. The summed E-state index contributed by atoms with van der Waals surface area (Å²) in [4.78, 5) is 13.8. The maximum absolute atomic E-state index is 11.9. The molecule has 1 N–H and O–H groups in total. The minimum absolute atomic E-state index is 0.123. The van der Waals surface area contributed by atoms with Gasteiger partial charge in [0.15, 0.2) is 0 Å². The Hall–Kier alpha value is -0.730. The Morgan fingerprint density at radius 2 is 2.00 bits per heavy atom. The first-order valence-corrected chi connectivity index (χ1v) is 6.19. The summed E-state index contributed by atoms with van der Waals surface area (Å²) in [5, 5.41) is 3.12. The molecule has 3 nitrogen and oxygen atoms in total. The molecule has 0 aromatic carbocycles. The van der Waals surface area contributed by atoms with Crippen LogP contribution in [0.2, 0.25) is 0 Å². The molecule has 3 heteroatoms. The van der Waals surface area contributed by atoms with Gasteiger partial charge in [0, 0.05) is 19.1 Å². The molecular formula is C12H24N2O. The Morgan fingerprint density at radius 3 is 2.47 bits per heavy atom. The molecular weight excluding hydrogens is 188 g/mol. The van der Waals surface area contributed by atoms with Crippen LogP contribution in [0.4, 0.5) is 4.79 Å². The van der Waals surface area contributed by atoms with Gasteiger partial charge in [0.2, 0.25) is 0 Å². The van der Waals surface area contributed by atoms with Crippen molar-refractivity contribution in [2.75, 3.05) is 13.1 Å². The number of urea groups is 1. The smallest absolute Gasteiger partial charge is 0.317 e. The maximum atomic E-state index is 11.9. The normalized spacial score (nSPS) is 17.1. The molecule has 0 spiro atoms. The number of nitrogens with zero attached hydrogens (tertiary/aromatic N) is 1. The summed E-state index contributed by atoms with van der Waals surface area (Å²) >= 11 is 0. The first kappa shape index (κ1) is 12.3. The minimum atomic E-state index is 0.123. The topological polar surface area (TPSA) is 32.3 Å². The molecule has 88 valence electrons. The molecule has 0 saturated heterocycles. The predicted octanol–water partition coefficient (Wildman–Crippen LogP) is 2.62. The molecule has 0 unspecified atom stereocenters. The summed E-state index contributed by atoms with van der Waals surface area (Å²) in [7, 11) is 0. The molecule has 0 aromatic heterocycles. The number of carbonyl (C=O) groups is 1. The highest BCUT2D eigenvalue weighted by atomic mass is 16.2. The number of carbonyl (C=O) groups excluding carboxylic acids is 1. The zero-order valence-electron chi connectivity index (χ0n) is 10.3.